The number of ether oxygens (including phenoxy) is 1. The smallest absolute Gasteiger partial charge is 0.352 e. The maximum absolute atomic E-state index is 14.0. The minimum absolute atomic E-state index is 0.0627. The molecule has 0 heterocycles. The van der Waals surface area contributed by atoms with Crippen molar-refractivity contribution in [1.82, 2.24) is 5.01 Å². The number of halogens is 2. The van der Waals surface area contributed by atoms with Gasteiger partial charge in [0.25, 0.3) is 0 Å². The first-order valence-electron chi connectivity index (χ1n) is 7.61. The molecular formula is C17H20BrFN4O2. The molecule has 134 valence electrons. The largest absolute Gasteiger partial charge is 0.486 e. The number of benzene rings is 2. The van der Waals surface area contributed by atoms with Gasteiger partial charge >= 0.3 is 6.03 Å². The molecule has 0 saturated carbocycles. The number of nitrogens with two attached hydrogens (primary N) is 2. The molecule has 0 unspecified atom stereocenters. The third-order valence-electron chi connectivity index (χ3n) is 3.66. The van der Waals surface area contributed by atoms with E-state index in [4.69, 9.17) is 16.4 Å². The van der Waals surface area contributed by atoms with Gasteiger partial charge in [-0.15, -0.1) is 0 Å². The van der Waals surface area contributed by atoms with Gasteiger partial charge in [0.15, 0.2) is 11.6 Å². The fraction of sp³-hybridized carbons (Fsp3) is 0.235. The van der Waals surface area contributed by atoms with Crippen molar-refractivity contribution in [3.8, 4) is 5.75 Å². The number of hydrogen-bond donors (Lipinski definition) is 2. The van der Waals surface area contributed by atoms with Gasteiger partial charge in [-0.2, -0.15) is 0 Å². The second-order valence-corrected chi connectivity index (χ2v) is 6.31. The fourth-order valence-corrected chi connectivity index (χ4v) is 2.69. The lowest BCUT2D eigenvalue weighted by atomic mass is 10.0. The summed E-state index contributed by atoms with van der Waals surface area (Å²) in [5, 5.41) is 1.84. The van der Waals surface area contributed by atoms with E-state index in [1.165, 1.54) is 19.2 Å². The van der Waals surface area contributed by atoms with Crippen LogP contribution in [0.1, 0.15) is 18.1 Å². The quantitative estimate of drug-likeness (QED) is 0.449. The van der Waals surface area contributed by atoms with Crippen molar-refractivity contribution in [3.05, 3.63) is 57.8 Å². The minimum Gasteiger partial charge on any atom is -0.486 e. The van der Waals surface area contributed by atoms with Gasteiger partial charge in [-0.25, -0.2) is 25.9 Å². The van der Waals surface area contributed by atoms with E-state index in [9.17, 15) is 9.18 Å². The van der Waals surface area contributed by atoms with Gasteiger partial charge < -0.3 is 4.74 Å². The van der Waals surface area contributed by atoms with Crippen LogP contribution in [0.2, 0.25) is 0 Å². The Balaban J connectivity index is 2.33. The van der Waals surface area contributed by atoms with E-state index in [1.54, 1.807) is 18.2 Å². The van der Waals surface area contributed by atoms with Crippen molar-refractivity contribution in [2.75, 3.05) is 12.1 Å². The summed E-state index contributed by atoms with van der Waals surface area (Å²) in [4.78, 5) is 12.1. The van der Waals surface area contributed by atoms with Crippen LogP contribution >= 0.6 is 15.9 Å². The van der Waals surface area contributed by atoms with Crippen LogP contribution in [0.15, 0.2) is 40.9 Å². The molecule has 0 spiro atoms. The highest BCUT2D eigenvalue weighted by Crippen LogP contribution is 2.27. The number of hydrazine groups is 2. The first kappa shape index (κ1) is 19.2. The van der Waals surface area contributed by atoms with Gasteiger partial charge in [0.2, 0.25) is 0 Å². The molecule has 0 aliphatic rings. The van der Waals surface area contributed by atoms with Crippen molar-refractivity contribution in [3.63, 3.8) is 0 Å². The minimum atomic E-state index is -0.579. The molecule has 2 aromatic carbocycles. The van der Waals surface area contributed by atoms with Crippen LogP contribution in [0.4, 0.5) is 14.9 Å². The van der Waals surface area contributed by atoms with Crippen LogP contribution < -0.4 is 21.4 Å². The predicted octanol–water partition coefficient (Wildman–Crippen LogP) is 3.34. The SMILES string of the molecule is CCc1cccc(N(N)C(=O)N(C)N)c1COc1ccc(Br)cc1F. The molecule has 6 nitrogen and oxygen atoms in total. The van der Waals surface area contributed by atoms with Crippen molar-refractivity contribution >= 4 is 27.6 Å². The number of amides is 2. The second kappa shape index (κ2) is 8.28. The third kappa shape index (κ3) is 4.47. The Bertz CT molecular complexity index is 770. The summed E-state index contributed by atoms with van der Waals surface area (Å²) >= 11 is 3.20. The zero-order chi connectivity index (χ0) is 18.6. The Labute approximate surface area is 154 Å². The lowest BCUT2D eigenvalue weighted by Gasteiger charge is -2.24. The summed E-state index contributed by atoms with van der Waals surface area (Å²) in [6, 6.07) is 9.36. The predicted molar refractivity (Wildman–Crippen MR) is 98.3 cm³/mol. The molecule has 4 N–H and O–H groups in total. The lowest BCUT2D eigenvalue weighted by molar-refractivity contribution is 0.216. The summed E-state index contributed by atoms with van der Waals surface area (Å²) in [6.45, 7) is 2.04. The lowest BCUT2D eigenvalue weighted by Crippen LogP contribution is -2.49. The summed E-state index contributed by atoms with van der Waals surface area (Å²) in [6.07, 6.45) is 0.704. The monoisotopic (exact) mass is 410 g/mol. The molecular weight excluding hydrogens is 391 g/mol. The van der Waals surface area contributed by atoms with Gasteiger partial charge in [-0.1, -0.05) is 35.0 Å². The van der Waals surface area contributed by atoms with Crippen molar-refractivity contribution in [2.24, 2.45) is 11.7 Å². The van der Waals surface area contributed by atoms with Crippen molar-refractivity contribution < 1.29 is 13.9 Å². The van der Waals surface area contributed by atoms with Gasteiger partial charge in [0.1, 0.15) is 6.61 Å². The van der Waals surface area contributed by atoms with E-state index in [-0.39, 0.29) is 12.4 Å². The second-order valence-electron chi connectivity index (χ2n) is 5.40. The molecule has 2 amide bonds. The maximum atomic E-state index is 14.0. The van der Waals surface area contributed by atoms with E-state index in [0.29, 0.717) is 22.1 Å². The third-order valence-corrected chi connectivity index (χ3v) is 4.16. The topological polar surface area (TPSA) is 84.8 Å². The Morgan fingerprint density at radius 1 is 1.28 bits per heavy atom. The van der Waals surface area contributed by atoms with E-state index in [2.05, 4.69) is 15.9 Å². The van der Waals surface area contributed by atoms with Gasteiger partial charge in [-0.3, -0.25) is 5.01 Å². The molecule has 2 rings (SSSR count). The molecule has 0 atom stereocenters. The van der Waals surface area contributed by atoms with Crippen LogP contribution in [-0.4, -0.2) is 18.1 Å². The van der Waals surface area contributed by atoms with E-state index < -0.39 is 11.8 Å². The molecule has 0 aliphatic heterocycles. The van der Waals surface area contributed by atoms with Crippen molar-refractivity contribution in [2.45, 2.75) is 20.0 Å². The van der Waals surface area contributed by atoms with E-state index >= 15 is 0 Å². The normalized spacial score (nSPS) is 10.5. The number of urea groups is 1. The summed E-state index contributed by atoms with van der Waals surface area (Å²) in [7, 11) is 1.40. The zero-order valence-corrected chi connectivity index (χ0v) is 15.6. The highest BCUT2D eigenvalue weighted by molar-refractivity contribution is 9.10. The van der Waals surface area contributed by atoms with Crippen LogP contribution in [0.25, 0.3) is 0 Å². The summed E-state index contributed by atoms with van der Waals surface area (Å²) in [5.41, 5.74) is 2.10. The van der Waals surface area contributed by atoms with Gasteiger partial charge in [0.05, 0.1) is 5.69 Å². The molecule has 0 aliphatic carbocycles. The van der Waals surface area contributed by atoms with Crippen LogP contribution in [0, 0.1) is 5.82 Å². The Hall–Kier alpha value is -2.16. The van der Waals surface area contributed by atoms with Gasteiger partial charge in [-0.05, 0) is 36.2 Å². The van der Waals surface area contributed by atoms with Gasteiger partial charge in [0, 0.05) is 17.1 Å². The molecule has 25 heavy (non-hydrogen) atoms. The number of carbonyl (C=O) groups is 1. The summed E-state index contributed by atoms with van der Waals surface area (Å²) < 4.78 is 20.2. The summed E-state index contributed by atoms with van der Waals surface area (Å²) in [5.74, 6) is 11.0. The van der Waals surface area contributed by atoms with Crippen LogP contribution in [-0.2, 0) is 13.0 Å². The molecule has 0 bridgehead atoms. The molecule has 0 fully saturated rings. The van der Waals surface area contributed by atoms with Crippen LogP contribution in [0.3, 0.4) is 0 Å². The number of carbonyl (C=O) groups excluding carboxylic acids is 1. The van der Waals surface area contributed by atoms with E-state index in [1.807, 2.05) is 13.0 Å². The van der Waals surface area contributed by atoms with E-state index in [0.717, 1.165) is 15.6 Å². The standard InChI is InChI=1S/C17H20BrFN4O2/c1-3-11-5-4-6-15(23(21)17(24)22(2)20)13(11)10-25-16-8-7-12(18)9-14(16)19/h4-9H,3,10,20-21H2,1-2H3. The average Bonchev–Trinajstić information content (AvgIpc) is 2.59. The molecule has 0 radical (unpaired) electrons. The molecule has 2 aromatic rings. The first-order valence-corrected chi connectivity index (χ1v) is 8.40. The number of aryl methyl sites for hydroxylation is 1. The molecule has 0 aromatic heterocycles. The molecule has 0 saturated heterocycles. The van der Waals surface area contributed by atoms with Crippen molar-refractivity contribution in [1.29, 1.82) is 0 Å². The number of anilines is 1. The van der Waals surface area contributed by atoms with Crippen LogP contribution in [0.5, 0.6) is 5.75 Å². The average molecular weight is 411 g/mol. The molecule has 8 heteroatoms. The Morgan fingerprint density at radius 2 is 2.00 bits per heavy atom. The first-order chi connectivity index (χ1) is 11.8. The highest BCUT2D eigenvalue weighted by atomic mass is 79.9. The fourth-order valence-electron chi connectivity index (χ4n) is 2.36. The highest BCUT2D eigenvalue weighted by Gasteiger charge is 2.20. The Morgan fingerprint density at radius 3 is 2.60 bits per heavy atom. The number of hydrogen-bond acceptors (Lipinski definition) is 4. The zero-order valence-electron chi connectivity index (χ0n) is 14.0. The number of rotatable bonds is 5. The number of nitrogens with zero attached hydrogens (tertiary/aromatic N) is 2. The Kier molecular flexibility index (Phi) is 6.35. The maximum Gasteiger partial charge on any atom is 0.352 e.